The van der Waals surface area contributed by atoms with Crippen LogP contribution in [0.1, 0.15) is 41.2 Å². The Labute approximate surface area is 116 Å². The number of rotatable bonds is 3. The number of methoxy groups -OCH3 is 1. The Morgan fingerprint density at radius 2 is 1.78 bits per heavy atom. The average molecular weight is 314 g/mol. The van der Waals surface area contributed by atoms with Crippen LogP contribution in [0, 0.1) is 20.8 Å². The van der Waals surface area contributed by atoms with E-state index >= 15 is 0 Å². The van der Waals surface area contributed by atoms with Crippen LogP contribution in [-0.4, -0.2) is 17.8 Å². The molecule has 0 aliphatic heterocycles. The van der Waals surface area contributed by atoms with Gasteiger partial charge in [0.1, 0.15) is 11.9 Å². The summed E-state index contributed by atoms with van der Waals surface area (Å²) in [5, 5.41) is 10.5. The molecular formula is C14H20BrNO2. The minimum atomic E-state index is -0.664. The summed E-state index contributed by atoms with van der Waals surface area (Å²) in [6.07, 6.45) is 1.06. The fourth-order valence-corrected chi connectivity index (χ4v) is 2.92. The topological polar surface area (TPSA) is 55.5 Å². The molecule has 1 aromatic rings. The zero-order valence-electron chi connectivity index (χ0n) is 11.3. The van der Waals surface area contributed by atoms with Gasteiger partial charge in [-0.15, -0.1) is 0 Å². The highest BCUT2D eigenvalue weighted by Gasteiger charge is 2.47. The first-order valence-corrected chi connectivity index (χ1v) is 6.93. The molecular weight excluding hydrogens is 294 g/mol. The molecule has 1 unspecified atom stereocenters. The van der Waals surface area contributed by atoms with Crippen molar-refractivity contribution < 1.29 is 9.84 Å². The number of ether oxygens (including phenoxy) is 1. The molecule has 1 fully saturated rings. The predicted octanol–water partition coefficient (Wildman–Crippen LogP) is 2.91. The highest BCUT2D eigenvalue weighted by Crippen LogP contribution is 2.49. The summed E-state index contributed by atoms with van der Waals surface area (Å²) in [5.74, 6) is 0.762. The smallest absolute Gasteiger partial charge is 0.128 e. The second kappa shape index (κ2) is 4.51. The van der Waals surface area contributed by atoms with Crippen LogP contribution in [0.4, 0.5) is 0 Å². The number of aliphatic hydroxyl groups is 1. The van der Waals surface area contributed by atoms with Crippen molar-refractivity contribution in [2.75, 3.05) is 7.11 Å². The van der Waals surface area contributed by atoms with Gasteiger partial charge in [-0.2, -0.15) is 0 Å². The van der Waals surface area contributed by atoms with Gasteiger partial charge in [-0.05, 0) is 50.3 Å². The van der Waals surface area contributed by atoms with Crippen LogP contribution in [0.5, 0.6) is 5.75 Å². The lowest BCUT2D eigenvalue weighted by atomic mass is 9.91. The molecule has 2 rings (SSSR count). The van der Waals surface area contributed by atoms with Crippen molar-refractivity contribution in [2.45, 2.75) is 45.3 Å². The summed E-state index contributed by atoms with van der Waals surface area (Å²) in [6.45, 7) is 6.04. The largest absolute Gasteiger partial charge is 0.496 e. The Kier molecular flexibility index (Phi) is 3.47. The minimum absolute atomic E-state index is 0.473. The van der Waals surface area contributed by atoms with Crippen molar-refractivity contribution in [1.82, 2.24) is 0 Å². The molecule has 0 radical (unpaired) electrons. The van der Waals surface area contributed by atoms with Crippen LogP contribution in [0.3, 0.4) is 0 Å². The van der Waals surface area contributed by atoms with E-state index in [1.54, 1.807) is 7.11 Å². The van der Waals surface area contributed by atoms with Gasteiger partial charge in [0.15, 0.2) is 0 Å². The molecule has 1 atom stereocenters. The van der Waals surface area contributed by atoms with Gasteiger partial charge in [-0.25, -0.2) is 0 Å². The normalized spacial score (nSPS) is 18.6. The minimum Gasteiger partial charge on any atom is -0.496 e. The predicted molar refractivity (Wildman–Crippen MR) is 76.0 cm³/mol. The van der Waals surface area contributed by atoms with E-state index in [-0.39, 0.29) is 0 Å². The monoisotopic (exact) mass is 313 g/mol. The SMILES string of the molecule is COc1c(C)c(C)c(Br)c(C)c1C(O)C1(N)CC1. The number of aliphatic hydroxyl groups excluding tert-OH is 1. The van der Waals surface area contributed by atoms with Crippen molar-refractivity contribution in [3.05, 3.63) is 26.7 Å². The fraction of sp³-hybridized carbons (Fsp3) is 0.571. The summed E-state index contributed by atoms with van der Waals surface area (Å²) >= 11 is 3.59. The average Bonchev–Trinajstić information content (AvgIpc) is 3.09. The Balaban J connectivity index is 2.65. The van der Waals surface area contributed by atoms with Crippen molar-refractivity contribution >= 4 is 15.9 Å². The summed E-state index contributed by atoms with van der Waals surface area (Å²) in [7, 11) is 1.64. The number of hydrogen-bond acceptors (Lipinski definition) is 3. The van der Waals surface area contributed by atoms with Gasteiger partial charge in [0, 0.05) is 15.6 Å². The van der Waals surface area contributed by atoms with Crippen LogP contribution in [0.25, 0.3) is 0 Å². The Bertz CT molecular complexity index is 495. The highest BCUT2D eigenvalue weighted by atomic mass is 79.9. The lowest BCUT2D eigenvalue weighted by molar-refractivity contribution is 0.131. The van der Waals surface area contributed by atoms with Crippen LogP contribution < -0.4 is 10.5 Å². The van der Waals surface area contributed by atoms with E-state index in [4.69, 9.17) is 10.5 Å². The molecule has 3 N–H and O–H groups in total. The van der Waals surface area contributed by atoms with Crippen molar-refractivity contribution in [1.29, 1.82) is 0 Å². The molecule has 1 aliphatic carbocycles. The van der Waals surface area contributed by atoms with Crippen LogP contribution in [-0.2, 0) is 0 Å². The van der Waals surface area contributed by atoms with Crippen molar-refractivity contribution in [3.63, 3.8) is 0 Å². The molecule has 0 aromatic heterocycles. The molecule has 3 nitrogen and oxygen atoms in total. The van der Waals surface area contributed by atoms with E-state index in [2.05, 4.69) is 15.9 Å². The molecule has 4 heteroatoms. The third kappa shape index (κ3) is 1.96. The third-order valence-corrected chi connectivity index (χ3v) is 5.25. The van der Waals surface area contributed by atoms with Gasteiger partial charge in [0.25, 0.3) is 0 Å². The van der Waals surface area contributed by atoms with Gasteiger partial charge < -0.3 is 15.6 Å². The second-order valence-corrected chi connectivity index (χ2v) is 6.06. The Morgan fingerprint density at radius 3 is 2.22 bits per heavy atom. The first-order valence-electron chi connectivity index (χ1n) is 6.13. The van der Waals surface area contributed by atoms with Gasteiger partial charge in [0.05, 0.1) is 7.11 Å². The standard InChI is InChI=1S/C14H20BrNO2/c1-7-8(2)12(18-4)10(9(3)11(7)15)13(17)14(16)5-6-14/h13,17H,5-6,16H2,1-4H3. The molecule has 0 saturated heterocycles. The van der Waals surface area contributed by atoms with E-state index in [9.17, 15) is 5.11 Å². The lowest BCUT2D eigenvalue weighted by Gasteiger charge is -2.25. The number of nitrogens with two attached hydrogens (primary N) is 1. The van der Waals surface area contributed by atoms with E-state index in [0.29, 0.717) is 0 Å². The van der Waals surface area contributed by atoms with E-state index in [1.165, 1.54) is 0 Å². The summed E-state index contributed by atoms with van der Waals surface area (Å²) in [4.78, 5) is 0. The fourth-order valence-electron chi connectivity index (χ4n) is 2.40. The number of hydrogen-bond donors (Lipinski definition) is 2. The number of halogens is 1. The van der Waals surface area contributed by atoms with Crippen LogP contribution in [0.15, 0.2) is 4.47 Å². The van der Waals surface area contributed by atoms with Crippen molar-refractivity contribution in [2.24, 2.45) is 5.73 Å². The molecule has 100 valence electrons. The Morgan fingerprint density at radius 1 is 1.22 bits per heavy atom. The maximum Gasteiger partial charge on any atom is 0.128 e. The summed E-state index contributed by atoms with van der Waals surface area (Å²) in [5.41, 5.74) is 9.69. The first kappa shape index (κ1) is 13.8. The summed E-state index contributed by atoms with van der Waals surface area (Å²) < 4.78 is 6.53. The summed E-state index contributed by atoms with van der Waals surface area (Å²) in [6, 6.07) is 0. The zero-order chi connectivity index (χ0) is 13.7. The zero-order valence-corrected chi connectivity index (χ0v) is 12.9. The quantitative estimate of drug-likeness (QED) is 0.902. The van der Waals surface area contributed by atoms with Gasteiger partial charge in [0.2, 0.25) is 0 Å². The van der Waals surface area contributed by atoms with E-state index < -0.39 is 11.6 Å². The van der Waals surface area contributed by atoms with Crippen molar-refractivity contribution in [3.8, 4) is 5.75 Å². The van der Waals surface area contributed by atoms with Crippen LogP contribution in [0.2, 0.25) is 0 Å². The highest BCUT2D eigenvalue weighted by molar-refractivity contribution is 9.10. The molecule has 0 heterocycles. The molecule has 0 bridgehead atoms. The second-order valence-electron chi connectivity index (χ2n) is 5.27. The van der Waals surface area contributed by atoms with Gasteiger partial charge in [-0.3, -0.25) is 0 Å². The Hall–Kier alpha value is -0.580. The molecule has 1 aromatic carbocycles. The molecule has 0 spiro atoms. The van der Waals surface area contributed by atoms with Gasteiger partial charge in [-0.1, -0.05) is 15.9 Å². The van der Waals surface area contributed by atoms with Gasteiger partial charge >= 0.3 is 0 Å². The molecule has 0 amide bonds. The maximum atomic E-state index is 10.5. The number of benzene rings is 1. The van der Waals surface area contributed by atoms with Crippen LogP contribution >= 0.6 is 15.9 Å². The molecule has 1 saturated carbocycles. The maximum absolute atomic E-state index is 10.5. The third-order valence-electron chi connectivity index (χ3n) is 4.06. The lowest BCUT2D eigenvalue weighted by Crippen LogP contribution is -2.31. The van der Waals surface area contributed by atoms with E-state index in [0.717, 1.165) is 45.3 Å². The molecule has 1 aliphatic rings. The molecule has 18 heavy (non-hydrogen) atoms. The van der Waals surface area contributed by atoms with E-state index in [1.807, 2.05) is 20.8 Å². The first-order chi connectivity index (χ1) is 8.33.